The molecule has 3 aromatic rings. The van der Waals surface area contributed by atoms with Crippen molar-refractivity contribution in [3.8, 4) is 0 Å². The second-order valence-corrected chi connectivity index (χ2v) is 6.90. The molecule has 28 heavy (non-hydrogen) atoms. The third-order valence-corrected chi connectivity index (χ3v) is 4.93. The van der Waals surface area contributed by atoms with Crippen molar-refractivity contribution < 1.29 is 4.79 Å². The van der Waals surface area contributed by atoms with Gasteiger partial charge in [0.05, 0.1) is 6.04 Å². The van der Waals surface area contributed by atoms with E-state index in [1.54, 1.807) is 0 Å². The fraction of sp³-hybridized carbons (Fsp3) is 0.238. The van der Waals surface area contributed by atoms with Crippen LogP contribution < -0.4 is 15.8 Å². The highest BCUT2D eigenvalue weighted by Gasteiger charge is 2.27. The first kappa shape index (κ1) is 17.9. The van der Waals surface area contributed by atoms with Crippen LogP contribution in [0.2, 0.25) is 0 Å². The van der Waals surface area contributed by atoms with Crippen LogP contribution in [0.15, 0.2) is 59.4 Å². The average molecular weight is 375 g/mol. The standard InChI is InChI=1S/C21H21N5O2/c1-14-8-10-17(11-9-14)25-12-13-26-20(28)18(23-24-21(25)26)19(27)22-15(2)16-6-4-3-5-7-16/h3-11,15H,12-13H2,1-2H3,(H,22,27)/t15-/m0/s1. The Morgan fingerprint density at radius 3 is 2.46 bits per heavy atom. The van der Waals surface area contributed by atoms with E-state index < -0.39 is 11.5 Å². The number of amides is 1. The van der Waals surface area contributed by atoms with Crippen molar-refractivity contribution in [1.29, 1.82) is 0 Å². The molecule has 1 aromatic heterocycles. The van der Waals surface area contributed by atoms with Crippen molar-refractivity contribution >= 4 is 17.5 Å². The smallest absolute Gasteiger partial charge is 0.286 e. The number of hydrogen-bond acceptors (Lipinski definition) is 5. The monoisotopic (exact) mass is 375 g/mol. The average Bonchev–Trinajstić information content (AvgIpc) is 3.14. The molecule has 7 heteroatoms. The molecular weight excluding hydrogens is 354 g/mol. The van der Waals surface area contributed by atoms with Crippen LogP contribution in [0.4, 0.5) is 11.6 Å². The zero-order valence-corrected chi connectivity index (χ0v) is 15.8. The van der Waals surface area contributed by atoms with Crippen LogP contribution in [-0.4, -0.2) is 27.2 Å². The van der Waals surface area contributed by atoms with E-state index in [9.17, 15) is 9.59 Å². The molecule has 0 fully saturated rings. The fourth-order valence-electron chi connectivity index (χ4n) is 3.31. The number of carbonyl (C=O) groups is 1. The van der Waals surface area contributed by atoms with Crippen LogP contribution in [0, 0.1) is 6.92 Å². The quantitative estimate of drug-likeness (QED) is 0.758. The number of aromatic nitrogens is 3. The van der Waals surface area contributed by atoms with Crippen LogP contribution in [0.25, 0.3) is 0 Å². The zero-order valence-electron chi connectivity index (χ0n) is 15.8. The van der Waals surface area contributed by atoms with Gasteiger partial charge in [0.2, 0.25) is 11.6 Å². The molecule has 7 nitrogen and oxygen atoms in total. The van der Waals surface area contributed by atoms with Crippen molar-refractivity contribution in [3.63, 3.8) is 0 Å². The number of anilines is 2. The van der Waals surface area contributed by atoms with E-state index in [2.05, 4.69) is 15.5 Å². The Hall–Kier alpha value is -3.48. The highest BCUT2D eigenvalue weighted by atomic mass is 16.2. The topological polar surface area (TPSA) is 80.1 Å². The summed E-state index contributed by atoms with van der Waals surface area (Å²) < 4.78 is 1.51. The van der Waals surface area contributed by atoms with E-state index in [0.717, 1.165) is 16.8 Å². The van der Waals surface area contributed by atoms with Crippen LogP contribution >= 0.6 is 0 Å². The predicted molar refractivity (Wildman–Crippen MR) is 107 cm³/mol. The lowest BCUT2D eigenvalue weighted by atomic mass is 10.1. The van der Waals surface area contributed by atoms with E-state index in [-0.39, 0.29) is 11.7 Å². The number of fused-ring (bicyclic) bond motifs is 1. The number of carbonyl (C=O) groups excluding carboxylic acids is 1. The van der Waals surface area contributed by atoms with Crippen LogP contribution in [0.1, 0.15) is 34.6 Å². The van der Waals surface area contributed by atoms with Gasteiger partial charge in [-0.2, -0.15) is 0 Å². The molecule has 0 saturated carbocycles. The Bertz CT molecular complexity index is 1060. The molecule has 2 aromatic carbocycles. The molecule has 0 saturated heterocycles. The maximum absolute atomic E-state index is 12.8. The van der Waals surface area contributed by atoms with E-state index in [4.69, 9.17) is 0 Å². The van der Waals surface area contributed by atoms with Gasteiger partial charge in [-0.05, 0) is 31.5 Å². The predicted octanol–water partition coefficient (Wildman–Crippen LogP) is 2.59. The van der Waals surface area contributed by atoms with Crippen LogP contribution in [0.3, 0.4) is 0 Å². The molecular formula is C21H21N5O2. The molecule has 0 unspecified atom stereocenters. The largest absolute Gasteiger partial charge is 0.344 e. The molecule has 4 rings (SSSR count). The van der Waals surface area contributed by atoms with Gasteiger partial charge in [-0.15, -0.1) is 10.2 Å². The summed E-state index contributed by atoms with van der Waals surface area (Å²) >= 11 is 0. The van der Waals surface area contributed by atoms with Crippen molar-refractivity contribution in [2.45, 2.75) is 26.4 Å². The first-order valence-corrected chi connectivity index (χ1v) is 9.22. The first-order chi connectivity index (χ1) is 13.5. The lowest BCUT2D eigenvalue weighted by Crippen LogP contribution is -2.36. The second kappa shape index (κ2) is 7.26. The number of hydrogen-bond donors (Lipinski definition) is 1. The van der Waals surface area contributed by atoms with Crippen molar-refractivity contribution in [3.05, 3.63) is 81.8 Å². The van der Waals surface area contributed by atoms with Gasteiger partial charge in [0.15, 0.2) is 0 Å². The minimum Gasteiger partial charge on any atom is -0.344 e. The molecule has 0 aliphatic carbocycles. The summed E-state index contributed by atoms with van der Waals surface area (Å²) in [5.41, 5.74) is 2.46. The molecule has 142 valence electrons. The molecule has 0 radical (unpaired) electrons. The SMILES string of the molecule is Cc1ccc(N2CCn3c2nnc(C(=O)N[C@@H](C)c2ccccc2)c3=O)cc1. The molecule has 0 bridgehead atoms. The highest BCUT2D eigenvalue weighted by molar-refractivity contribution is 5.92. The van der Waals surface area contributed by atoms with Gasteiger partial charge in [-0.1, -0.05) is 48.0 Å². The van der Waals surface area contributed by atoms with Crippen LogP contribution in [0.5, 0.6) is 0 Å². The summed E-state index contributed by atoms with van der Waals surface area (Å²) in [4.78, 5) is 27.4. The Balaban J connectivity index is 1.59. The first-order valence-electron chi connectivity index (χ1n) is 9.22. The Labute approximate surface area is 162 Å². The Morgan fingerprint density at radius 1 is 1.04 bits per heavy atom. The van der Waals surface area contributed by atoms with Gasteiger partial charge in [0, 0.05) is 18.8 Å². The maximum atomic E-state index is 12.8. The lowest BCUT2D eigenvalue weighted by molar-refractivity contribution is 0.0931. The van der Waals surface area contributed by atoms with E-state index in [0.29, 0.717) is 19.0 Å². The van der Waals surface area contributed by atoms with Crippen LogP contribution in [-0.2, 0) is 6.54 Å². The van der Waals surface area contributed by atoms with Gasteiger partial charge >= 0.3 is 0 Å². The molecule has 1 N–H and O–H groups in total. The highest BCUT2D eigenvalue weighted by Crippen LogP contribution is 2.26. The second-order valence-electron chi connectivity index (χ2n) is 6.90. The lowest BCUT2D eigenvalue weighted by Gasteiger charge is -2.17. The van der Waals surface area contributed by atoms with E-state index >= 15 is 0 Å². The minimum absolute atomic E-state index is 0.183. The molecule has 1 aliphatic heterocycles. The van der Waals surface area contributed by atoms with E-state index in [1.165, 1.54) is 4.57 Å². The van der Waals surface area contributed by atoms with Crippen molar-refractivity contribution in [2.24, 2.45) is 0 Å². The molecule has 2 heterocycles. The summed E-state index contributed by atoms with van der Waals surface area (Å²) in [6.07, 6.45) is 0. The van der Waals surface area contributed by atoms with Gasteiger partial charge < -0.3 is 10.2 Å². The summed E-state index contributed by atoms with van der Waals surface area (Å²) in [5, 5.41) is 11.0. The summed E-state index contributed by atoms with van der Waals surface area (Å²) in [6, 6.07) is 17.3. The van der Waals surface area contributed by atoms with Gasteiger partial charge in [0.25, 0.3) is 11.5 Å². The number of nitrogens with zero attached hydrogens (tertiary/aromatic N) is 4. The summed E-state index contributed by atoms with van der Waals surface area (Å²) in [5.74, 6) is -0.0561. The number of aryl methyl sites for hydroxylation is 1. The van der Waals surface area contributed by atoms with Crippen molar-refractivity contribution in [1.82, 2.24) is 20.1 Å². The van der Waals surface area contributed by atoms with Crippen molar-refractivity contribution in [2.75, 3.05) is 11.4 Å². The van der Waals surface area contributed by atoms with Gasteiger partial charge in [0.1, 0.15) is 0 Å². The minimum atomic E-state index is -0.516. The third-order valence-electron chi connectivity index (χ3n) is 4.93. The number of rotatable bonds is 4. The third kappa shape index (κ3) is 3.26. The zero-order chi connectivity index (χ0) is 19.7. The maximum Gasteiger partial charge on any atom is 0.286 e. The Kier molecular flexibility index (Phi) is 4.65. The van der Waals surface area contributed by atoms with Gasteiger partial charge in [-0.3, -0.25) is 14.2 Å². The molecule has 1 amide bonds. The summed E-state index contributed by atoms with van der Waals surface area (Å²) in [6.45, 7) is 4.96. The number of nitrogens with one attached hydrogen (secondary N) is 1. The summed E-state index contributed by atoms with van der Waals surface area (Å²) in [7, 11) is 0. The molecule has 0 spiro atoms. The molecule has 1 atom stereocenters. The molecule has 1 aliphatic rings. The normalized spacial score (nSPS) is 13.9. The number of benzene rings is 2. The fourth-order valence-corrected chi connectivity index (χ4v) is 3.31. The van der Waals surface area contributed by atoms with E-state index in [1.807, 2.05) is 73.3 Å². The Morgan fingerprint density at radius 2 is 1.75 bits per heavy atom. The van der Waals surface area contributed by atoms with Gasteiger partial charge in [-0.25, -0.2) is 0 Å².